The lowest BCUT2D eigenvalue weighted by Crippen LogP contribution is -2.08. The summed E-state index contributed by atoms with van der Waals surface area (Å²) >= 11 is 0. The van der Waals surface area contributed by atoms with Gasteiger partial charge in [-0.3, -0.25) is 4.40 Å². The molecule has 0 spiro atoms. The lowest BCUT2D eigenvalue weighted by molar-refractivity contribution is 0.192. The molecule has 0 aliphatic heterocycles. The van der Waals surface area contributed by atoms with Gasteiger partial charge in [0.1, 0.15) is 23.0 Å². The maximum Gasteiger partial charge on any atom is 0.432 e. The summed E-state index contributed by atoms with van der Waals surface area (Å²) in [6.45, 7) is 1.75. The van der Waals surface area contributed by atoms with E-state index in [-0.39, 0.29) is 0 Å². The summed E-state index contributed by atoms with van der Waals surface area (Å²) in [5.41, 5.74) is 7.82. The van der Waals surface area contributed by atoms with E-state index in [1.165, 1.54) is 6.20 Å². The van der Waals surface area contributed by atoms with Crippen LogP contribution >= 0.6 is 0 Å². The van der Waals surface area contributed by atoms with Crippen LogP contribution in [0, 0.1) is 6.92 Å². The highest BCUT2D eigenvalue weighted by atomic mass is 16.4. The lowest BCUT2D eigenvalue weighted by atomic mass is 10.2. The summed E-state index contributed by atoms with van der Waals surface area (Å²) < 4.78 is 2.67. The second kappa shape index (κ2) is 5.84. The molecule has 0 aliphatic rings. The molecule has 26 heavy (non-hydrogen) atoms. The van der Waals surface area contributed by atoms with Crippen LogP contribution in [0.5, 0.6) is 0 Å². The number of aromatic nitrogens is 6. The summed E-state index contributed by atoms with van der Waals surface area (Å²) in [6, 6.07) is 8.79. The van der Waals surface area contributed by atoms with Crippen LogP contribution in [-0.4, -0.2) is 40.3 Å². The fourth-order valence-electron chi connectivity index (χ4n) is 2.66. The molecule has 0 aliphatic carbocycles. The molecular weight excluding hydrogens is 336 g/mol. The van der Waals surface area contributed by atoms with Crippen LogP contribution in [0.25, 0.3) is 17.0 Å². The summed E-state index contributed by atoms with van der Waals surface area (Å²) in [5, 5.41) is 16.0. The second-order valence-corrected chi connectivity index (χ2v) is 5.52. The third-order valence-corrected chi connectivity index (χ3v) is 3.66. The number of rotatable bonds is 3. The van der Waals surface area contributed by atoms with Gasteiger partial charge in [-0.1, -0.05) is 6.07 Å². The number of carboxylic acid groups (broad SMARTS) is 1. The van der Waals surface area contributed by atoms with Gasteiger partial charge in [0.15, 0.2) is 11.6 Å². The molecule has 4 N–H and O–H groups in total. The number of pyridine rings is 1. The average molecular weight is 350 g/mol. The Morgan fingerprint density at radius 1 is 1.19 bits per heavy atom. The highest BCUT2D eigenvalue weighted by Gasteiger charge is 2.17. The number of hydrogen-bond acceptors (Lipinski definition) is 7. The van der Waals surface area contributed by atoms with Crippen molar-refractivity contribution in [3.8, 4) is 11.4 Å². The van der Waals surface area contributed by atoms with E-state index in [1.807, 2.05) is 28.8 Å². The van der Waals surface area contributed by atoms with Crippen molar-refractivity contribution in [3.63, 3.8) is 0 Å². The van der Waals surface area contributed by atoms with Gasteiger partial charge in [-0.15, -0.1) is 5.10 Å². The first-order valence-corrected chi connectivity index (χ1v) is 7.66. The van der Waals surface area contributed by atoms with E-state index in [4.69, 9.17) is 10.8 Å². The number of carbonyl (C=O) groups is 1. The summed E-state index contributed by atoms with van der Waals surface area (Å²) in [5.74, 6) is 1.70. The van der Waals surface area contributed by atoms with Crippen molar-refractivity contribution in [3.05, 3.63) is 48.5 Å². The van der Waals surface area contributed by atoms with E-state index in [0.717, 1.165) is 4.68 Å². The summed E-state index contributed by atoms with van der Waals surface area (Å²) in [6.07, 6.45) is 2.02. The van der Waals surface area contributed by atoms with Crippen molar-refractivity contribution in [2.45, 2.75) is 6.92 Å². The zero-order chi connectivity index (χ0) is 18.3. The molecule has 0 saturated carbocycles. The highest BCUT2D eigenvalue weighted by Crippen LogP contribution is 2.30. The van der Waals surface area contributed by atoms with Crippen LogP contribution in [0.15, 0.2) is 42.7 Å². The van der Waals surface area contributed by atoms with Gasteiger partial charge in [0.2, 0.25) is 0 Å². The zero-order valence-electron chi connectivity index (χ0n) is 13.7. The van der Waals surface area contributed by atoms with E-state index < -0.39 is 6.09 Å². The third kappa shape index (κ3) is 2.69. The van der Waals surface area contributed by atoms with E-state index in [9.17, 15) is 4.79 Å². The predicted octanol–water partition coefficient (Wildman–Crippen LogP) is 2.15. The number of hydrogen-bond donors (Lipinski definition) is 3. The largest absolute Gasteiger partial charge is 0.463 e. The van der Waals surface area contributed by atoms with Crippen LogP contribution in [0.4, 0.5) is 22.2 Å². The maximum atomic E-state index is 11.0. The fourth-order valence-corrected chi connectivity index (χ4v) is 2.66. The first-order valence-electron chi connectivity index (χ1n) is 7.66. The fraction of sp³-hybridized carbons (Fsp3) is 0.0625. The van der Waals surface area contributed by atoms with E-state index >= 15 is 0 Å². The Morgan fingerprint density at radius 3 is 2.77 bits per heavy atom. The monoisotopic (exact) mass is 350 g/mol. The molecule has 10 heteroatoms. The van der Waals surface area contributed by atoms with Crippen molar-refractivity contribution in [2.24, 2.45) is 0 Å². The Kier molecular flexibility index (Phi) is 3.50. The Labute approximate surface area is 147 Å². The molecule has 0 atom stereocenters. The normalized spacial score (nSPS) is 11.0. The highest BCUT2D eigenvalue weighted by molar-refractivity contribution is 5.78. The minimum atomic E-state index is -1.17. The second-order valence-electron chi connectivity index (χ2n) is 5.52. The quantitative estimate of drug-likeness (QED) is 0.511. The number of nitrogen functional groups attached to an aromatic ring is 1. The third-order valence-electron chi connectivity index (χ3n) is 3.66. The van der Waals surface area contributed by atoms with Gasteiger partial charge in [0.25, 0.3) is 0 Å². The molecule has 4 aromatic heterocycles. The van der Waals surface area contributed by atoms with Gasteiger partial charge in [-0.05, 0) is 19.1 Å². The Morgan fingerprint density at radius 2 is 2.04 bits per heavy atom. The Bertz CT molecular complexity index is 1110. The van der Waals surface area contributed by atoms with Crippen LogP contribution < -0.4 is 11.1 Å². The zero-order valence-corrected chi connectivity index (χ0v) is 13.7. The van der Waals surface area contributed by atoms with Gasteiger partial charge >= 0.3 is 6.09 Å². The first kappa shape index (κ1) is 15.6. The van der Waals surface area contributed by atoms with Crippen molar-refractivity contribution in [2.75, 3.05) is 11.1 Å². The molecule has 0 bridgehead atoms. The molecule has 10 nitrogen and oxygen atoms in total. The SMILES string of the molecule is Cc1nc(N)cc(-c2c(Nc3ccn(C(=O)O)n3)nc3ccccn23)n1. The van der Waals surface area contributed by atoms with Gasteiger partial charge in [-0.25, -0.2) is 19.7 Å². The number of nitrogens with two attached hydrogens (primary N) is 1. The van der Waals surface area contributed by atoms with Crippen molar-refractivity contribution in [1.82, 2.24) is 29.1 Å². The lowest BCUT2D eigenvalue weighted by Gasteiger charge is -2.07. The van der Waals surface area contributed by atoms with Crippen molar-refractivity contribution >= 4 is 29.2 Å². The van der Waals surface area contributed by atoms with E-state index in [2.05, 4.69) is 25.4 Å². The number of nitrogens with zero attached hydrogens (tertiary/aromatic N) is 6. The average Bonchev–Trinajstić information content (AvgIpc) is 3.18. The number of anilines is 3. The van der Waals surface area contributed by atoms with Gasteiger partial charge in [0, 0.05) is 24.5 Å². The maximum absolute atomic E-state index is 11.0. The number of aryl methyl sites for hydroxylation is 1. The van der Waals surface area contributed by atoms with Crippen molar-refractivity contribution < 1.29 is 9.90 Å². The molecule has 4 heterocycles. The molecule has 0 radical (unpaired) electrons. The predicted molar refractivity (Wildman–Crippen MR) is 94.3 cm³/mol. The molecule has 130 valence electrons. The van der Waals surface area contributed by atoms with Crippen LogP contribution in [0.3, 0.4) is 0 Å². The standard InChI is InChI=1S/C16H14N8O2/c1-9-18-10(8-11(17)19-9)14-15(21-13-4-2-3-6-23(13)14)20-12-5-7-24(22-12)16(25)26/h2-8H,1H3,(H,20,22)(H,25,26)(H2,17,18,19). The summed E-state index contributed by atoms with van der Waals surface area (Å²) in [7, 11) is 0. The molecule has 0 unspecified atom stereocenters. The van der Waals surface area contributed by atoms with E-state index in [1.54, 1.807) is 19.1 Å². The van der Waals surface area contributed by atoms with Crippen LogP contribution in [0.2, 0.25) is 0 Å². The van der Waals surface area contributed by atoms with E-state index in [0.29, 0.717) is 40.3 Å². The minimum absolute atomic E-state index is 0.343. The number of imidazole rings is 1. The number of fused-ring (bicyclic) bond motifs is 1. The smallest absolute Gasteiger partial charge is 0.432 e. The first-order chi connectivity index (χ1) is 12.5. The Hall–Kier alpha value is -3.95. The molecule has 0 amide bonds. The number of nitrogens with one attached hydrogen (secondary N) is 1. The molecule has 4 aromatic rings. The topological polar surface area (TPSA) is 136 Å². The van der Waals surface area contributed by atoms with Crippen LogP contribution in [-0.2, 0) is 0 Å². The van der Waals surface area contributed by atoms with Gasteiger partial charge in [0.05, 0.1) is 5.69 Å². The van der Waals surface area contributed by atoms with Crippen LogP contribution in [0.1, 0.15) is 5.82 Å². The molecule has 0 fully saturated rings. The van der Waals surface area contributed by atoms with Gasteiger partial charge in [-0.2, -0.15) is 4.68 Å². The Balaban J connectivity index is 1.87. The molecule has 0 aromatic carbocycles. The molecular formula is C16H14N8O2. The molecule has 4 rings (SSSR count). The summed E-state index contributed by atoms with van der Waals surface area (Å²) in [4.78, 5) is 24.1. The van der Waals surface area contributed by atoms with Gasteiger partial charge < -0.3 is 16.2 Å². The molecule has 0 saturated heterocycles. The minimum Gasteiger partial charge on any atom is -0.463 e. The van der Waals surface area contributed by atoms with Crippen molar-refractivity contribution in [1.29, 1.82) is 0 Å².